The lowest BCUT2D eigenvalue weighted by atomic mass is 9.96. The number of carboxylic acid groups (broad SMARTS) is 2. The molecular weight excluding hydrogens is 400 g/mol. The molecule has 0 aliphatic rings. The quantitative estimate of drug-likeness (QED) is 0.416. The Morgan fingerprint density at radius 2 is 1.90 bits per heavy atom. The van der Waals surface area contributed by atoms with Crippen LogP contribution in [-0.4, -0.2) is 32.1 Å². The van der Waals surface area contributed by atoms with Gasteiger partial charge in [0.05, 0.1) is 17.2 Å². The van der Waals surface area contributed by atoms with Crippen molar-refractivity contribution in [3.8, 4) is 0 Å². The topological polar surface area (TPSA) is 103 Å². The number of hydrogen-bond acceptors (Lipinski definition) is 4. The predicted molar refractivity (Wildman–Crippen MR) is 116 cm³/mol. The maximum absolute atomic E-state index is 11.9. The molecule has 0 aliphatic heterocycles. The summed E-state index contributed by atoms with van der Waals surface area (Å²) in [4.78, 5) is 32.1. The van der Waals surface area contributed by atoms with E-state index < -0.39 is 17.9 Å². The van der Waals surface area contributed by atoms with Gasteiger partial charge in [0.25, 0.3) is 0 Å². The first kappa shape index (κ1) is 21.8. The standard InChI is InChI=1S/C23H26N2O4S/c1-2-3-6-21-24-19(12-15-7-9-16(10-8-15)22(26)27)20(25-21)14-17(23(28)29)13-18-5-4-11-30-18/h4-5,7-11,17H,2-3,6,12-14H2,1H3,(H,24,25)(H,26,27)(H,28,29). The van der Waals surface area contributed by atoms with E-state index in [9.17, 15) is 14.7 Å². The Hall–Kier alpha value is -2.93. The van der Waals surface area contributed by atoms with Crippen molar-refractivity contribution >= 4 is 23.3 Å². The summed E-state index contributed by atoms with van der Waals surface area (Å²) >= 11 is 1.57. The summed E-state index contributed by atoms with van der Waals surface area (Å²) in [6, 6.07) is 10.6. The molecule has 0 saturated heterocycles. The van der Waals surface area contributed by atoms with Crippen molar-refractivity contribution in [2.75, 3.05) is 0 Å². The molecule has 0 saturated carbocycles. The van der Waals surface area contributed by atoms with Gasteiger partial charge in [-0.1, -0.05) is 31.5 Å². The highest BCUT2D eigenvalue weighted by atomic mass is 32.1. The van der Waals surface area contributed by atoms with Gasteiger partial charge in [0.2, 0.25) is 0 Å². The molecule has 0 radical (unpaired) electrons. The number of carbonyl (C=O) groups is 2. The Labute approximate surface area is 179 Å². The number of aromatic carboxylic acids is 1. The first-order valence-corrected chi connectivity index (χ1v) is 11.0. The van der Waals surface area contributed by atoms with Gasteiger partial charge in [-0.05, 0) is 42.0 Å². The van der Waals surface area contributed by atoms with Crippen LogP contribution in [0.25, 0.3) is 0 Å². The minimum absolute atomic E-state index is 0.245. The van der Waals surface area contributed by atoms with Crippen LogP contribution in [0, 0.1) is 5.92 Å². The second-order valence-electron chi connectivity index (χ2n) is 7.41. The Balaban J connectivity index is 1.83. The molecule has 1 unspecified atom stereocenters. The molecule has 0 fully saturated rings. The first-order valence-electron chi connectivity index (χ1n) is 10.1. The number of aromatic amines is 1. The van der Waals surface area contributed by atoms with Gasteiger partial charge in [-0.25, -0.2) is 9.78 Å². The van der Waals surface area contributed by atoms with Gasteiger partial charge in [-0.2, -0.15) is 0 Å². The van der Waals surface area contributed by atoms with E-state index in [1.165, 1.54) is 0 Å². The van der Waals surface area contributed by atoms with Crippen LogP contribution < -0.4 is 0 Å². The zero-order chi connectivity index (χ0) is 21.5. The van der Waals surface area contributed by atoms with Crippen molar-refractivity contribution in [1.29, 1.82) is 0 Å². The van der Waals surface area contributed by atoms with Crippen molar-refractivity contribution < 1.29 is 19.8 Å². The van der Waals surface area contributed by atoms with Crippen molar-refractivity contribution in [3.05, 3.63) is 75.0 Å². The molecule has 2 aromatic heterocycles. The molecule has 1 aromatic carbocycles. The molecule has 3 rings (SSSR count). The smallest absolute Gasteiger partial charge is 0.335 e. The van der Waals surface area contributed by atoms with E-state index in [4.69, 9.17) is 10.1 Å². The summed E-state index contributed by atoms with van der Waals surface area (Å²) in [6.07, 6.45) is 4.29. The van der Waals surface area contributed by atoms with Crippen molar-refractivity contribution in [3.63, 3.8) is 0 Å². The Bertz CT molecular complexity index is 977. The SMILES string of the molecule is CCCCc1nc(CC(Cc2cccs2)C(=O)O)c(Cc2ccc(C(=O)O)cc2)[nH]1. The zero-order valence-corrected chi connectivity index (χ0v) is 17.7. The number of benzene rings is 1. The lowest BCUT2D eigenvalue weighted by Gasteiger charge is -2.11. The average molecular weight is 427 g/mol. The van der Waals surface area contributed by atoms with Gasteiger partial charge in [-0.3, -0.25) is 4.79 Å². The number of unbranched alkanes of at least 4 members (excludes halogenated alkanes) is 1. The maximum atomic E-state index is 11.9. The number of thiophene rings is 1. The lowest BCUT2D eigenvalue weighted by molar-refractivity contribution is -0.141. The fourth-order valence-corrected chi connectivity index (χ4v) is 4.19. The molecule has 30 heavy (non-hydrogen) atoms. The van der Waals surface area contributed by atoms with Crippen molar-refractivity contribution in [2.24, 2.45) is 5.92 Å². The third-order valence-corrected chi connectivity index (χ3v) is 5.98. The van der Waals surface area contributed by atoms with Crippen LogP contribution >= 0.6 is 11.3 Å². The van der Waals surface area contributed by atoms with Crippen LogP contribution in [0.15, 0.2) is 41.8 Å². The number of H-pyrrole nitrogens is 1. The molecule has 3 N–H and O–H groups in total. The molecule has 1 atom stereocenters. The second kappa shape index (κ2) is 10.2. The summed E-state index contributed by atoms with van der Waals surface area (Å²) in [7, 11) is 0. The molecule has 7 heteroatoms. The number of aryl methyl sites for hydroxylation is 1. The highest BCUT2D eigenvalue weighted by Gasteiger charge is 2.23. The van der Waals surface area contributed by atoms with Gasteiger partial charge in [-0.15, -0.1) is 11.3 Å². The molecule has 0 aliphatic carbocycles. The third-order valence-electron chi connectivity index (χ3n) is 5.08. The predicted octanol–water partition coefficient (Wildman–Crippen LogP) is 4.59. The minimum atomic E-state index is -0.955. The molecule has 6 nitrogen and oxygen atoms in total. The van der Waals surface area contributed by atoms with E-state index in [1.54, 1.807) is 35.6 Å². The first-order chi connectivity index (χ1) is 14.5. The number of nitrogens with one attached hydrogen (secondary N) is 1. The number of aromatic nitrogens is 2. The minimum Gasteiger partial charge on any atom is -0.481 e. The Morgan fingerprint density at radius 3 is 2.50 bits per heavy atom. The van der Waals surface area contributed by atoms with Gasteiger partial charge in [0.15, 0.2) is 0 Å². The van der Waals surface area contributed by atoms with Crippen molar-refractivity contribution in [2.45, 2.75) is 45.4 Å². The Morgan fingerprint density at radius 1 is 1.13 bits per heavy atom. The van der Waals surface area contributed by atoms with Crippen LogP contribution in [0.2, 0.25) is 0 Å². The van der Waals surface area contributed by atoms with E-state index in [-0.39, 0.29) is 5.56 Å². The maximum Gasteiger partial charge on any atom is 0.335 e. The third kappa shape index (κ3) is 5.79. The van der Waals surface area contributed by atoms with Crippen LogP contribution in [0.5, 0.6) is 0 Å². The van der Waals surface area contributed by atoms with Gasteiger partial charge in [0, 0.05) is 29.8 Å². The summed E-state index contributed by atoms with van der Waals surface area (Å²) in [5.74, 6) is -1.44. The van der Waals surface area contributed by atoms with Gasteiger partial charge in [0.1, 0.15) is 5.82 Å². The monoisotopic (exact) mass is 426 g/mol. The summed E-state index contributed by atoms with van der Waals surface area (Å²) in [5.41, 5.74) is 2.89. The number of rotatable bonds is 11. The fraction of sp³-hybridized carbons (Fsp3) is 0.348. The number of imidazole rings is 1. The molecule has 0 spiro atoms. The lowest BCUT2D eigenvalue weighted by Crippen LogP contribution is -2.19. The molecule has 0 bridgehead atoms. The normalized spacial score (nSPS) is 12.0. The van der Waals surface area contributed by atoms with Gasteiger partial charge < -0.3 is 15.2 Å². The van der Waals surface area contributed by atoms with Crippen molar-refractivity contribution in [1.82, 2.24) is 9.97 Å². The second-order valence-corrected chi connectivity index (χ2v) is 8.45. The van der Waals surface area contributed by atoms with E-state index in [0.717, 1.165) is 46.9 Å². The highest BCUT2D eigenvalue weighted by molar-refractivity contribution is 7.09. The summed E-state index contributed by atoms with van der Waals surface area (Å²) in [5, 5.41) is 20.8. The van der Waals surface area contributed by atoms with Crippen LogP contribution in [-0.2, 0) is 30.5 Å². The summed E-state index contributed by atoms with van der Waals surface area (Å²) in [6.45, 7) is 2.12. The highest BCUT2D eigenvalue weighted by Crippen LogP contribution is 2.22. The number of nitrogens with zero attached hydrogens (tertiary/aromatic N) is 1. The fourth-order valence-electron chi connectivity index (χ4n) is 3.40. The Kier molecular flexibility index (Phi) is 7.41. The van der Waals surface area contributed by atoms with Crippen LogP contribution in [0.1, 0.15) is 57.8 Å². The molecule has 2 heterocycles. The molecule has 158 valence electrons. The molecular formula is C23H26N2O4S. The van der Waals surface area contributed by atoms with Crippen LogP contribution in [0.3, 0.4) is 0 Å². The summed E-state index contributed by atoms with van der Waals surface area (Å²) < 4.78 is 0. The van der Waals surface area contributed by atoms with E-state index >= 15 is 0 Å². The largest absolute Gasteiger partial charge is 0.481 e. The van der Waals surface area contributed by atoms with E-state index in [2.05, 4.69) is 11.9 Å². The average Bonchev–Trinajstić information content (AvgIpc) is 3.36. The molecule has 0 amide bonds. The van der Waals surface area contributed by atoms with E-state index in [1.807, 2.05) is 17.5 Å². The van der Waals surface area contributed by atoms with E-state index in [0.29, 0.717) is 19.3 Å². The zero-order valence-electron chi connectivity index (χ0n) is 16.9. The molecule has 3 aromatic rings. The van der Waals surface area contributed by atoms with Crippen LogP contribution in [0.4, 0.5) is 0 Å². The van der Waals surface area contributed by atoms with Gasteiger partial charge >= 0.3 is 11.9 Å². The number of carboxylic acids is 2. The number of aliphatic carboxylic acids is 1. The number of hydrogen-bond donors (Lipinski definition) is 3.